The molecule has 2 aromatic heterocycles. The molecule has 3 atom stereocenters. The number of nitrogens with one attached hydrogen (secondary N) is 3. The van der Waals surface area contributed by atoms with E-state index in [0.717, 1.165) is 48.2 Å². The average Bonchev–Trinajstić information content (AvgIpc) is 3.19. The summed E-state index contributed by atoms with van der Waals surface area (Å²) in [5.41, 5.74) is 9.49. The van der Waals surface area contributed by atoms with Crippen LogP contribution in [0.1, 0.15) is 53.3 Å². The van der Waals surface area contributed by atoms with Crippen LogP contribution >= 0.6 is 0 Å². The molecular weight excluding hydrogens is 468 g/mol. The molecule has 9 heteroatoms. The highest BCUT2D eigenvalue weighted by molar-refractivity contribution is 5.97. The maximum absolute atomic E-state index is 12.7. The van der Waals surface area contributed by atoms with Crippen molar-refractivity contribution in [3.05, 3.63) is 98.6 Å². The number of carbonyl (C=O) groups is 1. The van der Waals surface area contributed by atoms with E-state index in [4.69, 9.17) is 5.73 Å². The molecule has 4 aromatic rings. The number of aromatic amines is 2. The van der Waals surface area contributed by atoms with Crippen LogP contribution in [0.15, 0.2) is 70.4 Å². The van der Waals surface area contributed by atoms with Crippen molar-refractivity contribution in [2.45, 2.75) is 44.6 Å². The molecular formula is C28H28N6O3. The minimum Gasteiger partial charge on any atom is -0.392 e. The lowest BCUT2D eigenvalue weighted by atomic mass is 9.93. The quantitative estimate of drug-likeness (QED) is 0.336. The molecule has 5 N–H and O–H groups in total. The largest absolute Gasteiger partial charge is 0.392 e. The lowest BCUT2D eigenvalue weighted by molar-refractivity contribution is 0.0940. The van der Waals surface area contributed by atoms with Crippen molar-refractivity contribution in [1.29, 1.82) is 0 Å². The van der Waals surface area contributed by atoms with Gasteiger partial charge < -0.3 is 16.0 Å². The van der Waals surface area contributed by atoms with Crippen LogP contribution in [-0.2, 0) is 0 Å². The molecule has 188 valence electrons. The highest BCUT2D eigenvalue weighted by atomic mass is 16.2. The second-order valence-corrected chi connectivity index (χ2v) is 10.2. The van der Waals surface area contributed by atoms with E-state index >= 15 is 0 Å². The maximum Gasteiger partial charge on any atom is 0.326 e. The Morgan fingerprint density at radius 1 is 1.08 bits per heavy atom. The predicted octanol–water partition coefficient (Wildman–Crippen LogP) is 3.26. The van der Waals surface area contributed by atoms with Gasteiger partial charge in [0.15, 0.2) is 0 Å². The first-order valence-electron chi connectivity index (χ1n) is 12.5. The summed E-state index contributed by atoms with van der Waals surface area (Å²) < 4.78 is 1.96. The van der Waals surface area contributed by atoms with Crippen molar-refractivity contribution in [3.8, 4) is 16.8 Å². The van der Waals surface area contributed by atoms with Crippen LogP contribution < -0.4 is 22.3 Å². The molecule has 1 spiro atoms. The highest BCUT2D eigenvalue weighted by Gasteiger charge is 2.58. The molecule has 0 saturated heterocycles. The number of hydrogen-bond donors (Lipinski definition) is 4. The van der Waals surface area contributed by atoms with Gasteiger partial charge in [0, 0.05) is 17.3 Å². The molecule has 0 bridgehead atoms. The SMILES string of the molecule is Cc1c(-c2ccc([C@H]3CCC4(CC4NC(=O)c4[nH]c(=O)[nH]c(=O)c4N)C3)cc2)cnn1-c1ccccc1. The third-order valence-electron chi connectivity index (χ3n) is 8.05. The van der Waals surface area contributed by atoms with Gasteiger partial charge in [-0.05, 0) is 67.2 Å². The second-order valence-electron chi connectivity index (χ2n) is 10.2. The fourth-order valence-corrected chi connectivity index (χ4v) is 5.86. The molecule has 9 nitrogen and oxygen atoms in total. The van der Waals surface area contributed by atoms with Gasteiger partial charge in [0.05, 0.1) is 11.9 Å². The van der Waals surface area contributed by atoms with Crippen molar-refractivity contribution in [2.24, 2.45) is 5.41 Å². The van der Waals surface area contributed by atoms with Crippen molar-refractivity contribution >= 4 is 11.6 Å². The van der Waals surface area contributed by atoms with Crippen molar-refractivity contribution < 1.29 is 4.79 Å². The predicted molar refractivity (Wildman–Crippen MR) is 141 cm³/mol. The molecule has 1 amide bonds. The number of para-hydroxylation sites is 1. The van der Waals surface area contributed by atoms with Crippen LogP contribution in [-0.4, -0.2) is 31.7 Å². The molecule has 2 unspecified atom stereocenters. The average molecular weight is 497 g/mol. The Morgan fingerprint density at radius 3 is 2.59 bits per heavy atom. The van der Waals surface area contributed by atoms with E-state index in [1.807, 2.05) is 46.2 Å². The van der Waals surface area contributed by atoms with E-state index in [1.165, 1.54) is 5.56 Å². The molecule has 0 radical (unpaired) electrons. The number of aromatic nitrogens is 4. The highest BCUT2D eigenvalue weighted by Crippen LogP contribution is 2.61. The summed E-state index contributed by atoms with van der Waals surface area (Å²) in [7, 11) is 0. The first-order chi connectivity index (χ1) is 17.8. The fraction of sp³-hybridized carbons (Fsp3) is 0.286. The number of hydrogen-bond acceptors (Lipinski definition) is 5. The second kappa shape index (κ2) is 8.62. The van der Waals surface area contributed by atoms with Crippen molar-refractivity contribution in [1.82, 2.24) is 25.1 Å². The van der Waals surface area contributed by atoms with E-state index in [2.05, 4.69) is 46.6 Å². The number of nitrogens with two attached hydrogens (primary N) is 1. The summed E-state index contributed by atoms with van der Waals surface area (Å²) in [6, 6.07) is 18.9. The zero-order valence-corrected chi connectivity index (χ0v) is 20.5. The third kappa shape index (κ3) is 4.06. The van der Waals surface area contributed by atoms with Gasteiger partial charge in [-0.1, -0.05) is 42.5 Å². The number of H-pyrrole nitrogens is 2. The number of amides is 1. The molecule has 37 heavy (non-hydrogen) atoms. The van der Waals surface area contributed by atoms with Gasteiger partial charge in [-0.15, -0.1) is 0 Å². The van der Waals surface area contributed by atoms with Crippen LogP contribution in [0.3, 0.4) is 0 Å². The summed E-state index contributed by atoms with van der Waals surface area (Å²) in [5, 5.41) is 7.57. The zero-order chi connectivity index (χ0) is 25.7. The maximum atomic E-state index is 12.7. The normalized spacial score (nSPS) is 22.3. The summed E-state index contributed by atoms with van der Waals surface area (Å²) in [4.78, 5) is 40.3. The lowest BCUT2D eigenvalue weighted by Gasteiger charge is -2.14. The smallest absolute Gasteiger partial charge is 0.326 e. The van der Waals surface area contributed by atoms with Gasteiger partial charge in [-0.3, -0.25) is 14.6 Å². The van der Waals surface area contributed by atoms with E-state index in [9.17, 15) is 14.4 Å². The number of benzene rings is 2. The molecule has 2 saturated carbocycles. The number of carbonyl (C=O) groups excluding carboxylic acids is 1. The van der Waals surface area contributed by atoms with Gasteiger partial charge in [0.1, 0.15) is 11.4 Å². The van der Waals surface area contributed by atoms with Crippen LogP contribution in [0.25, 0.3) is 16.8 Å². The molecule has 2 aliphatic carbocycles. The number of anilines is 1. The molecule has 6 rings (SSSR count). The summed E-state index contributed by atoms with van der Waals surface area (Å²) in [6.07, 6.45) is 5.87. The topological polar surface area (TPSA) is 139 Å². The van der Waals surface area contributed by atoms with Crippen LogP contribution in [0.5, 0.6) is 0 Å². The minimum absolute atomic E-state index is 0.0120. The Balaban J connectivity index is 1.13. The van der Waals surface area contributed by atoms with Crippen molar-refractivity contribution in [3.63, 3.8) is 0 Å². The number of nitrogens with zero attached hydrogens (tertiary/aromatic N) is 2. The Labute approximate surface area is 212 Å². The summed E-state index contributed by atoms with van der Waals surface area (Å²) in [6.45, 7) is 2.08. The Hall–Kier alpha value is -4.40. The monoisotopic (exact) mass is 496 g/mol. The molecule has 2 fully saturated rings. The van der Waals surface area contributed by atoms with Crippen molar-refractivity contribution in [2.75, 3.05) is 5.73 Å². The lowest BCUT2D eigenvalue weighted by Crippen LogP contribution is -2.35. The van der Waals surface area contributed by atoms with E-state index in [0.29, 0.717) is 5.92 Å². The van der Waals surface area contributed by atoms with Crippen LogP contribution in [0, 0.1) is 12.3 Å². The fourth-order valence-electron chi connectivity index (χ4n) is 5.86. The first-order valence-corrected chi connectivity index (χ1v) is 12.5. The van der Waals surface area contributed by atoms with Gasteiger partial charge in [0.2, 0.25) is 0 Å². The van der Waals surface area contributed by atoms with Crippen LogP contribution in [0.4, 0.5) is 5.69 Å². The standard InChI is InChI=1S/C28H28N6O3/c1-16-21(15-30-34(16)20-5-3-2-4-6-20)18-9-7-17(8-10-18)19-11-12-28(13-19)14-22(28)31-26(36)24-23(29)25(35)33-27(37)32-24/h2-10,15,19,22H,11-14,29H2,1H3,(H,31,36)(H2,32,33,35,37)/t19-,22?,28?/m0/s1. The molecule has 2 aliphatic rings. The Bertz CT molecular complexity index is 1600. The Morgan fingerprint density at radius 2 is 1.84 bits per heavy atom. The van der Waals surface area contributed by atoms with Gasteiger partial charge in [-0.2, -0.15) is 5.10 Å². The van der Waals surface area contributed by atoms with Gasteiger partial charge in [0.25, 0.3) is 11.5 Å². The van der Waals surface area contributed by atoms with Gasteiger partial charge in [-0.25, -0.2) is 9.48 Å². The summed E-state index contributed by atoms with van der Waals surface area (Å²) >= 11 is 0. The van der Waals surface area contributed by atoms with Gasteiger partial charge >= 0.3 is 5.69 Å². The summed E-state index contributed by atoms with van der Waals surface area (Å²) in [5.74, 6) is -0.0877. The van der Waals surface area contributed by atoms with E-state index in [-0.39, 0.29) is 22.8 Å². The number of rotatable bonds is 5. The van der Waals surface area contributed by atoms with E-state index in [1.54, 1.807) is 0 Å². The van der Waals surface area contributed by atoms with E-state index < -0.39 is 17.2 Å². The number of nitrogen functional groups attached to an aromatic ring is 1. The zero-order valence-electron chi connectivity index (χ0n) is 20.5. The Kier molecular flexibility index (Phi) is 5.36. The first kappa shape index (κ1) is 23.0. The molecule has 2 aromatic carbocycles. The minimum atomic E-state index is -0.758. The molecule has 0 aliphatic heterocycles. The molecule has 2 heterocycles. The van der Waals surface area contributed by atoms with Crippen LogP contribution in [0.2, 0.25) is 0 Å². The third-order valence-corrected chi connectivity index (χ3v) is 8.05.